The Labute approximate surface area is 101 Å². The molecule has 0 rings (SSSR count). The second-order valence-electron chi connectivity index (χ2n) is 4.83. The van der Waals surface area contributed by atoms with Crippen LogP contribution in [0.2, 0.25) is 0 Å². The zero-order chi connectivity index (χ0) is 13.5. The summed E-state index contributed by atoms with van der Waals surface area (Å²) in [7, 11) is 0. The monoisotopic (exact) mass is 247 g/mol. The summed E-state index contributed by atoms with van der Waals surface area (Å²) in [5.41, 5.74) is 3.77. The molecule has 0 bridgehead atoms. The van der Waals surface area contributed by atoms with Crippen molar-refractivity contribution in [3.05, 3.63) is 12.3 Å². The SMILES string of the molecule is CC(C)(C)OC(=O)/C=C/OCC(N)(CO)CO. The molecule has 6 heteroatoms. The first-order chi connectivity index (χ1) is 7.72. The van der Waals surface area contributed by atoms with Gasteiger partial charge < -0.3 is 25.4 Å². The Hall–Kier alpha value is -1.11. The molecule has 0 amide bonds. The lowest BCUT2D eigenvalue weighted by molar-refractivity contribution is -0.148. The highest BCUT2D eigenvalue weighted by Gasteiger charge is 2.23. The molecule has 0 aromatic carbocycles. The van der Waals surface area contributed by atoms with Gasteiger partial charge in [0.2, 0.25) is 0 Å². The average molecular weight is 247 g/mol. The Balaban J connectivity index is 4.00. The van der Waals surface area contributed by atoms with E-state index in [1.807, 2.05) is 0 Å². The number of carbonyl (C=O) groups excluding carboxylic acids is 1. The summed E-state index contributed by atoms with van der Waals surface area (Å²) in [6, 6.07) is 0. The van der Waals surface area contributed by atoms with Gasteiger partial charge in [-0.2, -0.15) is 0 Å². The number of hydrogen-bond acceptors (Lipinski definition) is 6. The fraction of sp³-hybridized carbons (Fsp3) is 0.727. The molecule has 17 heavy (non-hydrogen) atoms. The molecule has 0 aromatic heterocycles. The first-order valence-electron chi connectivity index (χ1n) is 5.24. The molecular formula is C11H21NO5. The highest BCUT2D eigenvalue weighted by atomic mass is 16.6. The van der Waals surface area contributed by atoms with E-state index in [0.717, 1.165) is 12.3 Å². The van der Waals surface area contributed by atoms with Gasteiger partial charge >= 0.3 is 5.97 Å². The van der Waals surface area contributed by atoms with Crippen molar-refractivity contribution in [3.63, 3.8) is 0 Å². The summed E-state index contributed by atoms with van der Waals surface area (Å²) in [5.74, 6) is -0.534. The van der Waals surface area contributed by atoms with Crippen molar-refractivity contribution in [2.75, 3.05) is 19.8 Å². The topological polar surface area (TPSA) is 102 Å². The van der Waals surface area contributed by atoms with Crippen molar-refractivity contribution < 1.29 is 24.5 Å². The number of aliphatic hydroxyl groups excluding tert-OH is 2. The van der Waals surface area contributed by atoms with E-state index in [1.54, 1.807) is 20.8 Å². The zero-order valence-corrected chi connectivity index (χ0v) is 10.5. The average Bonchev–Trinajstić information content (AvgIpc) is 2.21. The lowest BCUT2D eigenvalue weighted by Gasteiger charge is -2.23. The van der Waals surface area contributed by atoms with Gasteiger partial charge in [-0.25, -0.2) is 4.79 Å². The number of aliphatic hydroxyl groups is 2. The summed E-state index contributed by atoms with van der Waals surface area (Å²) in [6.45, 7) is 4.33. The van der Waals surface area contributed by atoms with Gasteiger partial charge in [0.1, 0.15) is 12.2 Å². The maximum atomic E-state index is 11.2. The second-order valence-corrected chi connectivity index (χ2v) is 4.83. The van der Waals surface area contributed by atoms with Gasteiger partial charge in [-0.05, 0) is 20.8 Å². The molecule has 0 aromatic rings. The number of rotatable bonds is 6. The van der Waals surface area contributed by atoms with Crippen LogP contribution >= 0.6 is 0 Å². The molecule has 0 heterocycles. The first-order valence-corrected chi connectivity index (χ1v) is 5.24. The molecule has 0 saturated carbocycles. The van der Waals surface area contributed by atoms with E-state index < -0.39 is 30.3 Å². The number of esters is 1. The minimum Gasteiger partial charge on any atom is -0.499 e. The molecule has 0 aliphatic carbocycles. The van der Waals surface area contributed by atoms with Gasteiger partial charge in [-0.15, -0.1) is 0 Å². The van der Waals surface area contributed by atoms with Crippen LogP contribution in [0.3, 0.4) is 0 Å². The third-order valence-corrected chi connectivity index (χ3v) is 1.71. The van der Waals surface area contributed by atoms with E-state index in [1.165, 1.54) is 0 Å². The number of carbonyl (C=O) groups is 1. The highest BCUT2D eigenvalue weighted by molar-refractivity contribution is 5.81. The maximum Gasteiger partial charge on any atom is 0.334 e. The molecule has 6 nitrogen and oxygen atoms in total. The summed E-state index contributed by atoms with van der Waals surface area (Å²) >= 11 is 0. The maximum absolute atomic E-state index is 11.2. The van der Waals surface area contributed by atoms with Crippen LogP contribution in [0.1, 0.15) is 20.8 Å². The number of ether oxygens (including phenoxy) is 2. The molecule has 0 aliphatic rings. The van der Waals surface area contributed by atoms with Crippen LogP contribution in [0.5, 0.6) is 0 Å². The van der Waals surface area contributed by atoms with E-state index >= 15 is 0 Å². The van der Waals surface area contributed by atoms with Gasteiger partial charge in [-0.3, -0.25) is 0 Å². The Bertz CT molecular complexity index is 266. The quantitative estimate of drug-likeness (QED) is 0.333. The molecule has 100 valence electrons. The van der Waals surface area contributed by atoms with Crippen LogP contribution in [0.4, 0.5) is 0 Å². The number of hydrogen-bond donors (Lipinski definition) is 3. The van der Waals surface area contributed by atoms with Crippen molar-refractivity contribution >= 4 is 5.97 Å². The molecule has 0 atom stereocenters. The van der Waals surface area contributed by atoms with Crippen molar-refractivity contribution in [1.82, 2.24) is 0 Å². The van der Waals surface area contributed by atoms with Gasteiger partial charge in [0, 0.05) is 0 Å². The third kappa shape index (κ3) is 7.73. The van der Waals surface area contributed by atoms with Crippen LogP contribution in [0.25, 0.3) is 0 Å². The molecule has 0 unspecified atom stereocenters. The van der Waals surface area contributed by atoms with Crippen LogP contribution < -0.4 is 5.73 Å². The molecule has 0 aliphatic heterocycles. The second kappa shape index (κ2) is 6.58. The minimum absolute atomic E-state index is 0.0979. The van der Waals surface area contributed by atoms with Gasteiger partial charge in [0.25, 0.3) is 0 Å². The molecular weight excluding hydrogens is 226 g/mol. The van der Waals surface area contributed by atoms with Crippen molar-refractivity contribution in [3.8, 4) is 0 Å². The van der Waals surface area contributed by atoms with E-state index in [0.29, 0.717) is 0 Å². The Morgan fingerprint density at radius 1 is 1.29 bits per heavy atom. The standard InChI is InChI=1S/C11H21NO5/c1-10(2,3)17-9(15)4-5-16-8-11(12,6-13)7-14/h4-5,13-14H,6-8,12H2,1-3H3/b5-4+. The third-order valence-electron chi connectivity index (χ3n) is 1.71. The molecule has 0 radical (unpaired) electrons. The van der Waals surface area contributed by atoms with Gasteiger partial charge in [0.05, 0.1) is 31.1 Å². The smallest absolute Gasteiger partial charge is 0.334 e. The zero-order valence-electron chi connectivity index (χ0n) is 10.5. The van der Waals surface area contributed by atoms with E-state index in [9.17, 15) is 4.79 Å². The Morgan fingerprint density at radius 2 is 1.82 bits per heavy atom. The van der Waals surface area contributed by atoms with Crippen molar-refractivity contribution in [2.45, 2.75) is 31.9 Å². The fourth-order valence-electron chi connectivity index (χ4n) is 0.795. The van der Waals surface area contributed by atoms with Crippen LogP contribution in [-0.4, -0.2) is 47.1 Å². The molecule has 4 N–H and O–H groups in total. The molecule has 0 fully saturated rings. The van der Waals surface area contributed by atoms with Crippen LogP contribution in [0.15, 0.2) is 12.3 Å². The van der Waals surface area contributed by atoms with E-state index in [-0.39, 0.29) is 6.61 Å². The molecule has 0 spiro atoms. The fourth-order valence-corrected chi connectivity index (χ4v) is 0.795. The largest absolute Gasteiger partial charge is 0.499 e. The number of nitrogens with two attached hydrogens (primary N) is 1. The Morgan fingerprint density at radius 3 is 2.24 bits per heavy atom. The lowest BCUT2D eigenvalue weighted by Crippen LogP contribution is -2.51. The Kier molecular flexibility index (Phi) is 6.15. The lowest BCUT2D eigenvalue weighted by atomic mass is 10.1. The first kappa shape index (κ1) is 15.9. The van der Waals surface area contributed by atoms with Crippen molar-refractivity contribution in [2.24, 2.45) is 5.73 Å². The summed E-state index contributed by atoms with van der Waals surface area (Å²) in [5, 5.41) is 17.7. The highest BCUT2D eigenvalue weighted by Crippen LogP contribution is 2.07. The predicted octanol–water partition coefficient (Wildman–Crippen LogP) is -0.459. The van der Waals surface area contributed by atoms with E-state index in [4.69, 9.17) is 25.4 Å². The minimum atomic E-state index is -1.21. The van der Waals surface area contributed by atoms with Crippen LogP contribution in [0, 0.1) is 0 Å². The summed E-state index contributed by atoms with van der Waals surface area (Å²) < 4.78 is 9.93. The van der Waals surface area contributed by atoms with Gasteiger partial charge in [-0.1, -0.05) is 0 Å². The summed E-state index contributed by atoms with van der Waals surface area (Å²) in [4.78, 5) is 11.2. The molecule has 0 saturated heterocycles. The summed E-state index contributed by atoms with van der Waals surface area (Å²) in [6.07, 6.45) is 2.24. The van der Waals surface area contributed by atoms with E-state index in [2.05, 4.69) is 0 Å². The van der Waals surface area contributed by atoms with Crippen molar-refractivity contribution in [1.29, 1.82) is 0 Å². The normalized spacial score (nSPS) is 12.8. The van der Waals surface area contributed by atoms with Gasteiger partial charge in [0.15, 0.2) is 0 Å². The predicted molar refractivity (Wildman–Crippen MR) is 62.0 cm³/mol. The van der Waals surface area contributed by atoms with Crippen LogP contribution in [-0.2, 0) is 14.3 Å².